The minimum atomic E-state index is -3.33. The van der Waals surface area contributed by atoms with Crippen LogP contribution in [0.4, 0.5) is 4.39 Å². The van der Waals surface area contributed by atoms with Gasteiger partial charge in [-0.3, -0.25) is 9.48 Å². The third-order valence-corrected chi connectivity index (χ3v) is 7.44. The number of carbonyl (C=O) groups excluding carboxylic acids is 1. The number of ketones is 1. The van der Waals surface area contributed by atoms with E-state index in [-0.39, 0.29) is 16.5 Å². The van der Waals surface area contributed by atoms with Crippen molar-refractivity contribution in [3.8, 4) is 28.3 Å². The van der Waals surface area contributed by atoms with Crippen molar-refractivity contribution in [1.29, 1.82) is 0 Å². The fourth-order valence-corrected chi connectivity index (χ4v) is 5.24. The van der Waals surface area contributed by atoms with Crippen molar-refractivity contribution in [3.63, 3.8) is 0 Å². The van der Waals surface area contributed by atoms with E-state index >= 15 is 0 Å². The van der Waals surface area contributed by atoms with E-state index in [1.165, 1.54) is 12.1 Å². The van der Waals surface area contributed by atoms with Crippen molar-refractivity contribution in [1.82, 2.24) is 9.78 Å². The van der Waals surface area contributed by atoms with Crippen molar-refractivity contribution >= 4 is 27.4 Å². The van der Waals surface area contributed by atoms with Crippen LogP contribution in [0, 0.1) is 5.82 Å². The van der Waals surface area contributed by atoms with Gasteiger partial charge in [-0.05, 0) is 36.8 Å². The lowest BCUT2D eigenvalue weighted by atomic mass is 10.0. The van der Waals surface area contributed by atoms with Gasteiger partial charge >= 0.3 is 0 Å². The van der Waals surface area contributed by atoms with E-state index in [9.17, 15) is 17.6 Å². The van der Waals surface area contributed by atoms with Crippen LogP contribution in [0.5, 0.6) is 5.88 Å². The minimum absolute atomic E-state index is 0.0407. The average molecular weight is 475 g/mol. The van der Waals surface area contributed by atoms with Gasteiger partial charge in [-0.2, -0.15) is 11.8 Å². The van der Waals surface area contributed by atoms with Gasteiger partial charge in [0.25, 0.3) is 0 Å². The van der Waals surface area contributed by atoms with Crippen LogP contribution in [0.15, 0.2) is 53.4 Å². The van der Waals surface area contributed by atoms with Gasteiger partial charge in [-0.15, -0.1) is 5.10 Å². The fraction of sp³-hybridized carbons (Fsp3) is 0.304. The van der Waals surface area contributed by atoms with Gasteiger partial charge < -0.3 is 4.74 Å². The highest BCUT2D eigenvalue weighted by Gasteiger charge is 2.29. The van der Waals surface area contributed by atoms with Crippen LogP contribution in [0.2, 0.25) is 0 Å². The maximum Gasteiger partial charge on any atom is 0.242 e. The molecule has 1 fully saturated rings. The Morgan fingerprint density at radius 3 is 2.38 bits per heavy atom. The standard InChI is InChI=1S/C23H23FN2O4S2/c1-3-26-22(16-6-10-18(11-7-16)32(2,28)29)21(15-4-8-17(24)9-5-15)23(25-26)30-20-14-31-13-12-19(20)27/h4-11,20H,3,12-14H2,1-2H3. The first-order valence-corrected chi connectivity index (χ1v) is 13.3. The van der Waals surface area contributed by atoms with Gasteiger partial charge in [-0.1, -0.05) is 24.3 Å². The number of aryl methyl sites for hydroxylation is 1. The fourth-order valence-electron chi connectivity index (χ4n) is 3.63. The maximum absolute atomic E-state index is 13.6. The molecule has 1 unspecified atom stereocenters. The molecule has 1 atom stereocenters. The second kappa shape index (κ2) is 9.07. The summed E-state index contributed by atoms with van der Waals surface area (Å²) in [6.07, 6.45) is 1.02. The molecule has 1 aliphatic heterocycles. The molecular formula is C23H23FN2O4S2. The molecule has 4 rings (SSSR count). The highest BCUT2D eigenvalue weighted by Crippen LogP contribution is 2.40. The number of benzene rings is 2. The van der Waals surface area contributed by atoms with Crippen LogP contribution in [0.1, 0.15) is 13.3 Å². The number of carbonyl (C=O) groups is 1. The van der Waals surface area contributed by atoms with Gasteiger partial charge in [0.1, 0.15) is 5.82 Å². The quantitative estimate of drug-likeness (QED) is 0.532. The summed E-state index contributed by atoms with van der Waals surface area (Å²) in [5.41, 5.74) is 2.79. The predicted octanol–water partition coefficient (Wildman–Crippen LogP) is 4.23. The highest BCUT2D eigenvalue weighted by atomic mass is 32.2. The number of nitrogens with zero attached hydrogens (tertiary/aromatic N) is 2. The third kappa shape index (κ3) is 4.59. The lowest BCUT2D eigenvalue weighted by Gasteiger charge is -2.21. The zero-order valence-corrected chi connectivity index (χ0v) is 19.4. The molecule has 0 spiro atoms. The van der Waals surface area contributed by atoms with E-state index < -0.39 is 15.9 Å². The smallest absolute Gasteiger partial charge is 0.242 e. The number of Topliss-reactive ketones (excluding diaryl/α,β-unsaturated/α-hetero) is 1. The Labute approximate surface area is 190 Å². The first-order chi connectivity index (χ1) is 15.3. The van der Waals surface area contributed by atoms with Gasteiger partial charge in [0.15, 0.2) is 21.7 Å². The number of rotatable bonds is 6. The second-order valence-electron chi connectivity index (χ2n) is 7.55. The van der Waals surface area contributed by atoms with E-state index in [1.54, 1.807) is 52.8 Å². The average Bonchev–Trinajstić information content (AvgIpc) is 3.13. The molecule has 0 N–H and O–H groups in total. The third-order valence-electron chi connectivity index (χ3n) is 5.28. The largest absolute Gasteiger partial charge is 0.464 e. The normalized spacial score (nSPS) is 16.8. The molecule has 6 nitrogen and oxygen atoms in total. The molecule has 0 saturated carbocycles. The molecule has 1 saturated heterocycles. The topological polar surface area (TPSA) is 78.3 Å². The number of hydrogen-bond donors (Lipinski definition) is 0. The van der Waals surface area contributed by atoms with Crippen LogP contribution in [-0.4, -0.2) is 47.8 Å². The van der Waals surface area contributed by atoms with E-state index in [1.807, 2.05) is 6.92 Å². The molecule has 168 valence electrons. The van der Waals surface area contributed by atoms with Gasteiger partial charge in [0.2, 0.25) is 5.88 Å². The number of sulfone groups is 1. The Bertz CT molecular complexity index is 1240. The van der Waals surface area contributed by atoms with Crippen LogP contribution < -0.4 is 4.74 Å². The molecule has 0 bridgehead atoms. The minimum Gasteiger partial charge on any atom is -0.464 e. The Morgan fingerprint density at radius 1 is 1.12 bits per heavy atom. The Hall–Kier alpha value is -2.65. The van der Waals surface area contributed by atoms with Crippen molar-refractivity contribution < 1.29 is 22.3 Å². The number of halogens is 1. The summed E-state index contributed by atoms with van der Waals surface area (Å²) in [7, 11) is -3.33. The summed E-state index contributed by atoms with van der Waals surface area (Å²) in [5.74, 6) is 1.32. The summed E-state index contributed by atoms with van der Waals surface area (Å²) >= 11 is 1.66. The van der Waals surface area contributed by atoms with Crippen LogP contribution >= 0.6 is 11.8 Å². The van der Waals surface area contributed by atoms with Crippen LogP contribution in [-0.2, 0) is 21.2 Å². The summed E-state index contributed by atoms with van der Waals surface area (Å²) < 4.78 is 45.2. The van der Waals surface area contributed by atoms with Gasteiger partial charge in [-0.25, -0.2) is 12.8 Å². The molecular weight excluding hydrogens is 451 g/mol. The van der Waals surface area contributed by atoms with Crippen molar-refractivity contribution in [2.45, 2.75) is 30.9 Å². The molecule has 2 aromatic carbocycles. The first kappa shape index (κ1) is 22.5. The Kier molecular flexibility index (Phi) is 6.39. The molecule has 0 radical (unpaired) electrons. The summed E-state index contributed by atoms with van der Waals surface area (Å²) in [6.45, 7) is 2.45. The Balaban J connectivity index is 1.87. The SMILES string of the molecule is CCn1nc(OC2CSCCC2=O)c(-c2ccc(F)cc2)c1-c1ccc(S(C)(=O)=O)cc1. The van der Waals surface area contributed by atoms with Crippen molar-refractivity contribution in [2.75, 3.05) is 17.8 Å². The number of hydrogen-bond acceptors (Lipinski definition) is 6. The maximum atomic E-state index is 13.6. The zero-order chi connectivity index (χ0) is 22.9. The molecule has 0 amide bonds. The molecule has 3 aromatic rings. The summed E-state index contributed by atoms with van der Waals surface area (Å²) in [4.78, 5) is 12.6. The Morgan fingerprint density at radius 2 is 1.78 bits per heavy atom. The summed E-state index contributed by atoms with van der Waals surface area (Å²) in [6, 6.07) is 12.6. The zero-order valence-electron chi connectivity index (χ0n) is 17.7. The van der Waals surface area contributed by atoms with Crippen molar-refractivity contribution in [2.24, 2.45) is 0 Å². The van der Waals surface area contributed by atoms with E-state index in [4.69, 9.17) is 4.74 Å². The first-order valence-electron chi connectivity index (χ1n) is 10.2. The van der Waals surface area contributed by atoms with E-state index in [2.05, 4.69) is 5.10 Å². The number of thioether (sulfide) groups is 1. The molecule has 0 aliphatic carbocycles. The predicted molar refractivity (Wildman–Crippen MR) is 123 cm³/mol. The van der Waals surface area contributed by atoms with Crippen LogP contribution in [0.3, 0.4) is 0 Å². The van der Waals surface area contributed by atoms with E-state index in [0.717, 1.165) is 17.6 Å². The van der Waals surface area contributed by atoms with Crippen LogP contribution in [0.25, 0.3) is 22.4 Å². The number of aromatic nitrogens is 2. The van der Waals surface area contributed by atoms with E-state index in [0.29, 0.717) is 41.4 Å². The van der Waals surface area contributed by atoms with Gasteiger partial charge in [0.05, 0.1) is 16.2 Å². The lowest BCUT2D eigenvalue weighted by molar-refractivity contribution is -0.124. The highest BCUT2D eigenvalue weighted by molar-refractivity contribution is 7.99. The van der Waals surface area contributed by atoms with Gasteiger partial charge in [0, 0.05) is 36.3 Å². The molecule has 32 heavy (non-hydrogen) atoms. The molecule has 9 heteroatoms. The molecule has 1 aromatic heterocycles. The molecule has 1 aliphatic rings. The molecule has 2 heterocycles. The monoisotopic (exact) mass is 474 g/mol. The van der Waals surface area contributed by atoms with Crippen molar-refractivity contribution in [3.05, 3.63) is 54.3 Å². The second-order valence-corrected chi connectivity index (χ2v) is 10.7. The number of ether oxygens (including phenoxy) is 1. The summed E-state index contributed by atoms with van der Waals surface area (Å²) in [5, 5.41) is 4.62. The lowest BCUT2D eigenvalue weighted by Crippen LogP contribution is -2.33.